The topological polar surface area (TPSA) is 24.5 Å². The Morgan fingerprint density at radius 2 is 1.86 bits per heavy atom. The fraction of sp³-hybridized carbons (Fsp3) is 0.474. The molecule has 116 valence electrons. The van der Waals surface area contributed by atoms with Crippen molar-refractivity contribution < 1.29 is 4.74 Å². The highest BCUT2D eigenvalue weighted by molar-refractivity contribution is 5.90. The number of nitrogens with zero attached hydrogens (tertiary/aromatic N) is 1. The van der Waals surface area contributed by atoms with Crippen LogP contribution in [0.1, 0.15) is 30.9 Å². The fourth-order valence-electron chi connectivity index (χ4n) is 4.01. The van der Waals surface area contributed by atoms with Gasteiger partial charge in [0, 0.05) is 23.4 Å². The zero-order valence-electron chi connectivity index (χ0n) is 13.4. The highest BCUT2D eigenvalue weighted by atomic mass is 16.5. The van der Waals surface area contributed by atoms with E-state index in [4.69, 9.17) is 4.74 Å². The van der Waals surface area contributed by atoms with Crippen LogP contribution in [0.15, 0.2) is 36.4 Å². The lowest BCUT2D eigenvalue weighted by Gasteiger charge is -2.46. The Morgan fingerprint density at radius 1 is 1.09 bits per heavy atom. The van der Waals surface area contributed by atoms with Gasteiger partial charge >= 0.3 is 0 Å². The van der Waals surface area contributed by atoms with Crippen LogP contribution in [0.3, 0.4) is 0 Å². The third-order valence-electron chi connectivity index (χ3n) is 5.29. The summed E-state index contributed by atoms with van der Waals surface area (Å²) in [5, 5.41) is 5.99. The smallest absolute Gasteiger partial charge is 0.132 e. The zero-order chi connectivity index (χ0) is 15.2. The molecule has 1 atom stereocenters. The Hall–Kier alpha value is -1.58. The number of fused-ring (bicyclic) bond motifs is 3. The van der Waals surface area contributed by atoms with E-state index in [1.54, 1.807) is 0 Å². The van der Waals surface area contributed by atoms with E-state index in [-0.39, 0.29) is 5.60 Å². The molecule has 1 saturated heterocycles. The average Bonchev–Trinajstić information content (AvgIpc) is 2.54. The molecule has 2 aliphatic heterocycles. The monoisotopic (exact) mass is 296 g/mol. The van der Waals surface area contributed by atoms with Gasteiger partial charge in [0.2, 0.25) is 0 Å². The molecule has 3 nitrogen and oxygen atoms in total. The number of hydrogen-bond donors (Lipinski definition) is 1. The number of benzene rings is 2. The highest BCUT2D eigenvalue weighted by Gasteiger charge is 2.43. The molecular formula is C19H24N2O. The summed E-state index contributed by atoms with van der Waals surface area (Å²) < 4.78 is 6.69. The molecule has 1 unspecified atom stereocenters. The summed E-state index contributed by atoms with van der Waals surface area (Å²) in [5.41, 5.74) is 1.34. The largest absolute Gasteiger partial charge is 0.486 e. The quantitative estimate of drug-likeness (QED) is 0.873. The number of ether oxygens (including phenoxy) is 1. The second kappa shape index (κ2) is 5.25. The second-order valence-electron chi connectivity index (χ2n) is 6.92. The van der Waals surface area contributed by atoms with Gasteiger partial charge in [0.05, 0.1) is 0 Å². The first-order valence-corrected chi connectivity index (χ1v) is 8.26. The van der Waals surface area contributed by atoms with Gasteiger partial charge in [-0.25, -0.2) is 0 Å². The summed E-state index contributed by atoms with van der Waals surface area (Å²) in [6.07, 6.45) is 3.28. The number of hydrogen-bond acceptors (Lipinski definition) is 3. The highest BCUT2D eigenvalue weighted by Crippen LogP contribution is 2.48. The summed E-state index contributed by atoms with van der Waals surface area (Å²) in [5.74, 6) is 1.12. The van der Waals surface area contributed by atoms with Gasteiger partial charge in [0.1, 0.15) is 11.4 Å². The van der Waals surface area contributed by atoms with Crippen molar-refractivity contribution >= 4 is 10.8 Å². The van der Waals surface area contributed by atoms with Crippen molar-refractivity contribution in [1.29, 1.82) is 0 Å². The summed E-state index contributed by atoms with van der Waals surface area (Å²) in [6.45, 7) is 2.11. The Labute approximate surface area is 132 Å². The number of piperidine rings is 1. The second-order valence-corrected chi connectivity index (χ2v) is 6.92. The molecule has 0 amide bonds. The average molecular weight is 296 g/mol. The van der Waals surface area contributed by atoms with Gasteiger partial charge < -0.3 is 15.0 Å². The lowest BCUT2D eigenvalue weighted by atomic mass is 9.80. The van der Waals surface area contributed by atoms with Crippen LogP contribution in [-0.4, -0.2) is 37.7 Å². The van der Waals surface area contributed by atoms with Crippen molar-refractivity contribution in [2.24, 2.45) is 0 Å². The number of rotatable bonds is 1. The van der Waals surface area contributed by atoms with Crippen molar-refractivity contribution in [2.45, 2.75) is 30.9 Å². The van der Waals surface area contributed by atoms with Crippen molar-refractivity contribution in [1.82, 2.24) is 10.2 Å². The number of nitrogens with one attached hydrogen (secondary N) is 1. The maximum Gasteiger partial charge on any atom is 0.132 e. The molecule has 3 heteroatoms. The minimum Gasteiger partial charge on any atom is -0.486 e. The Balaban J connectivity index is 1.88. The van der Waals surface area contributed by atoms with Gasteiger partial charge in [-0.3, -0.25) is 0 Å². The first-order chi connectivity index (χ1) is 10.7. The summed E-state index contributed by atoms with van der Waals surface area (Å²) in [4.78, 5) is 2.35. The maximum absolute atomic E-state index is 6.69. The molecule has 1 spiro atoms. The molecule has 0 aromatic heterocycles. The molecule has 2 aromatic rings. The normalized spacial score (nSPS) is 23.5. The Bertz CT molecular complexity index is 689. The van der Waals surface area contributed by atoms with Crippen molar-refractivity contribution in [3.63, 3.8) is 0 Å². The molecule has 1 fully saturated rings. The first kappa shape index (κ1) is 14.0. The van der Waals surface area contributed by atoms with Crippen LogP contribution in [0.5, 0.6) is 5.75 Å². The summed E-state index contributed by atoms with van der Waals surface area (Å²) >= 11 is 0. The van der Waals surface area contributed by atoms with Gasteiger partial charge in [-0.1, -0.05) is 36.4 Å². The first-order valence-electron chi connectivity index (χ1n) is 8.26. The molecule has 1 N–H and O–H groups in total. The van der Waals surface area contributed by atoms with E-state index in [1.165, 1.54) is 16.3 Å². The molecule has 0 bridgehead atoms. The summed E-state index contributed by atoms with van der Waals surface area (Å²) in [7, 11) is 4.37. The lowest BCUT2D eigenvalue weighted by Crippen LogP contribution is -2.50. The third-order valence-corrected chi connectivity index (χ3v) is 5.29. The van der Waals surface area contributed by atoms with Gasteiger partial charge in [0.25, 0.3) is 0 Å². The third kappa shape index (κ3) is 2.20. The SMILES string of the molecule is CN(C)C1CC2(CCNCC2)Oc2c1ccc1ccccc21. The van der Waals surface area contributed by atoms with Crippen LogP contribution in [-0.2, 0) is 0 Å². The van der Waals surface area contributed by atoms with E-state index in [0.29, 0.717) is 6.04 Å². The molecule has 2 aliphatic rings. The predicted octanol–water partition coefficient (Wildman–Crippen LogP) is 3.35. The zero-order valence-corrected chi connectivity index (χ0v) is 13.4. The molecule has 0 aliphatic carbocycles. The molecule has 0 radical (unpaired) electrons. The molecule has 0 saturated carbocycles. The van der Waals surface area contributed by atoms with E-state index in [2.05, 4.69) is 60.7 Å². The molecular weight excluding hydrogens is 272 g/mol. The molecule has 2 heterocycles. The molecule has 2 aromatic carbocycles. The van der Waals surface area contributed by atoms with Crippen LogP contribution in [0.25, 0.3) is 10.8 Å². The van der Waals surface area contributed by atoms with Crippen molar-refractivity contribution in [2.75, 3.05) is 27.2 Å². The van der Waals surface area contributed by atoms with E-state index >= 15 is 0 Å². The molecule has 22 heavy (non-hydrogen) atoms. The van der Waals surface area contributed by atoms with Crippen molar-refractivity contribution in [3.8, 4) is 5.75 Å². The van der Waals surface area contributed by atoms with E-state index in [1.807, 2.05) is 0 Å². The minimum absolute atomic E-state index is 0.00267. The maximum atomic E-state index is 6.69. The van der Waals surface area contributed by atoms with Crippen LogP contribution < -0.4 is 10.1 Å². The summed E-state index contributed by atoms with van der Waals surface area (Å²) in [6, 6.07) is 13.5. The van der Waals surface area contributed by atoms with Gasteiger partial charge in [0.15, 0.2) is 0 Å². The predicted molar refractivity (Wildman–Crippen MR) is 90.5 cm³/mol. The van der Waals surface area contributed by atoms with E-state index in [9.17, 15) is 0 Å². The van der Waals surface area contributed by atoms with Crippen LogP contribution in [0.2, 0.25) is 0 Å². The fourth-order valence-corrected chi connectivity index (χ4v) is 4.01. The van der Waals surface area contributed by atoms with Crippen LogP contribution in [0, 0.1) is 0 Å². The van der Waals surface area contributed by atoms with E-state index < -0.39 is 0 Å². The Morgan fingerprint density at radius 3 is 2.64 bits per heavy atom. The van der Waals surface area contributed by atoms with Gasteiger partial charge in [-0.2, -0.15) is 0 Å². The van der Waals surface area contributed by atoms with Gasteiger partial charge in [-0.15, -0.1) is 0 Å². The molecule has 4 rings (SSSR count). The van der Waals surface area contributed by atoms with Crippen LogP contribution >= 0.6 is 0 Å². The minimum atomic E-state index is -0.00267. The van der Waals surface area contributed by atoms with Gasteiger partial charge in [-0.05, 0) is 45.4 Å². The van der Waals surface area contributed by atoms with E-state index in [0.717, 1.165) is 38.1 Å². The van der Waals surface area contributed by atoms with Crippen LogP contribution in [0.4, 0.5) is 0 Å². The standard InChI is InChI=1S/C19H24N2O/c1-21(2)17-13-19(9-11-20-12-10-19)22-18-15-6-4-3-5-14(15)7-8-16(17)18/h3-8,17,20H,9-13H2,1-2H3. The Kier molecular flexibility index (Phi) is 3.35. The van der Waals surface area contributed by atoms with Crippen molar-refractivity contribution in [3.05, 3.63) is 42.0 Å². The lowest BCUT2D eigenvalue weighted by molar-refractivity contribution is -0.0103.